The molecular weight excluding hydrogens is 386 g/mol. The lowest BCUT2D eigenvalue weighted by Crippen LogP contribution is -2.48. The summed E-state index contributed by atoms with van der Waals surface area (Å²) in [6.45, 7) is 6.66. The van der Waals surface area contributed by atoms with Crippen LogP contribution in [0.3, 0.4) is 0 Å². The zero-order valence-electron chi connectivity index (χ0n) is 17.2. The summed E-state index contributed by atoms with van der Waals surface area (Å²) in [5.74, 6) is 2.49. The van der Waals surface area contributed by atoms with E-state index in [9.17, 15) is 0 Å². The van der Waals surface area contributed by atoms with Crippen LogP contribution in [-0.4, -0.2) is 59.3 Å². The summed E-state index contributed by atoms with van der Waals surface area (Å²) in [5.41, 5.74) is 8.81. The minimum Gasteiger partial charge on any atom is -0.382 e. The number of aromatic amines is 1. The topological polar surface area (TPSA) is 105 Å². The molecule has 0 radical (unpaired) electrons. The van der Waals surface area contributed by atoms with Crippen molar-refractivity contribution in [2.24, 2.45) is 5.92 Å². The Kier molecular flexibility index (Phi) is 5.51. The van der Waals surface area contributed by atoms with Gasteiger partial charge in [-0.05, 0) is 24.3 Å². The molecule has 0 amide bonds. The molecule has 8 nitrogen and oxygen atoms in total. The number of anilines is 3. The Morgan fingerprint density at radius 1 is 1.31 bits per heavy atom. The lowest BCUT2D eigenvalue weighted by Gasteiger charge is -2.39. The molecule has 0 unspecified atom stereocenters. The largest absolute Gasteiger partial charge is 0.382 e. The van der Waals surface area contributed by atoms with Crippen LogP contribution in [0, 0.1) is 5.92 Å². The van der Waals surface area contributed by atoms with E-state index in [1.54, 1.807) is 11.8 Å². The highest BCUT2D eigenvalue weighted by atomic mass is 32.2. The lowest BCUT2D eigenvalue weighted by atomic mass is 10.0. The van der Waals surface area contributed by atoms with E-state index < -0.39 is 0 Å². The lowest BCUT2D eigenvalue weighted by molar-refractivity contribution is 0.0802. The predicted octanol–water partition coefficient (Wildman–Crippen LogP) is 3.23. The van der Waals surface area contributed by atoms with Crippen LogP contribution in [0.25, 0.3) is 22.2 Å². The first-order chi connectivity index (χ1) is 14.0. The molecule has 4 N–H and O–H groups in total. The Hall–Kier alpha value is -2.52. The molecule has 29 heavy (non-hydrogen) atoms. The van der Waals surface area contributed by atoms with Crippen LogP contribution < -0.4 is 16.0 Å². The number of fused-ring (bicyclic) bond motifs is 1. The van der Waals surface area contributed by atoms with E-state index in [-0.39, 0.29) is 6.04 Å². The fourth-order valence-corrected chi connectivity index (χ4v) is 4.42. The summed E-state index contributed by atoms with van der Waals surface area (Å²) < 4.78 is 5.72. The van der Waals surface area contributed by atoms with Gasteiger partial charge in [0, 0.05) is 30.1 Å². The van der Waals surface area contributed by atoms with Crippen molar-refractivity contribution in [2.45, 2.75) is 24.8 Å². The SMILES string of the molecule is CNc1nc(-c2cc(SC)c3c(N)n[nH]c3c2)cc(N2CCOC[C@H]2C(C)C)n1. The second-order valence-electron chi connectivity index (χ2n) is 7.47. The summed E-state index contributed by atoms with van der Waals surface area (Å²) in [4.78, 5) is 12.9. The van der Waals surface area contributed by atoms with Crippen molar-refractivity contribution in [2.75, 3.05) is 49.0 Å². The van der Waals surface area contributed by atoms with E-state index in [2.05, 4.69) is 46.4 Å². The molecule has 1 atom stereocenters. The number of H-pyrrole nitrogens is 1. The van der Waals surface area contributed by atoms with Crippen LogP contribution in [-0.2, 0) is 4.74 Å². The molecule has 1 saturated heterocycles. The van der Waals surface area contributed by atoms with E-state index >= 15 is 0 Å². The first kappa shape index (κ1) is 19.8. The van der Waals surface area contributed by atoms with Gasteiger partial charge in [-0.15, -0.1) is 11.8 Å². The number of nitrogens with zero attached hydrogens (tertiary/aromatic N) is 4. The minimum atomic E-state index is 0.285. The minimum absolute atomic E-state index is 0.285. The van der Waals surface area contributed by atoms with Crippen molar-refractivity contribution in [3.63, 3.8) is 0 Å². The highest BCUT2D eigenvalue weighted by molar-refractivity contribution is 7.98. The number of nitrogen functional groups attached to an aromatic ring is 1. The highest BCUT2D eigenvalue weighted by Crippen LogP contribution is 2.35. The number of aromatic nitrogens is 4. The number of hydrogen-bond donors (Lipinski definition) is 3. The Balaban J connectivity index is 1.82. The van der Waals surface area contributed by atoms with Gasteiger partial charge in [-0.2, -0.15) is 10.1 Å². The van der Waals surface area contributed by atoms with Crippen molar-refractivity contribution in [3.05, 3.63) is 18.2 Å². The smallest absolute Gasteiger partial charge is 0.224 e. The maximum absolute atomic E-state index is 6.04. The van der Waals surface area contributed by atoms with Gasteiger partial charge in [0.25, 0.3) is 0 Å². The monoisotopic (exact) mass is 413 g/mol. The molecule has 9 heteroatoms. The molecule has 3 aromatic rings. The zero-order valence-corrected chi connectivity index (χ0v) is 18.0. The average Bonchev–Trinajstić information content (AvgIpc) is 3.13. The third-order valence-corrected chi connectivity index (χ3v) is 6.10. The van der Waals surface area contributed by atoms with Crippen LogP contribution >= 0.6 is 11.8 Å². The van der Waals surface area contributed by atoms with Gasteiger partial charge in [0.05, 0.1) is 35.9 Å². The number of hydrogen-bond acceptors (Lipinski definition) is 8. The van der Waals surface area contributed by atoms with Gasteiger partial charge in [0.2, 0.25) is 5.95 Å². The summed E-state index contributed by atoms with van der Waals surface area (Å²) in [6, 6.07) is 6.51. The van der Waals surface area contributed by atoms with Gasteiger partial charge in [0.15, 0.2) is 5.82 Å². The maximum atomic E-state index is 6.04. The van der Waals surface area contributed by atoms with Gasteiger partial charge in [-0.1, -0.05) is 13.8 Å². The molecule has 1 aliphatic rings. The van der Waals surface area contributed by atoms with Crippen molar-refractivity contribution in [1.29, 1.82) is 0 Å². The first-order valence-corrected chi connectivity index (χ1v) is 11.0. The number of ether oxygens (including phenoxy) is 1. The van der Waals surface area contributed by atoms with E-state index in [1.807, 2.05) is 19.4 Å². The van der Waals surface area contributed by atoms with Gasteiger partial charge < -0.3 is 20.7 Å². The molecule has 0 bridgehead atoms. The second kappa shape index (κ2) is 8.08. The number of thioether (sulfide) groups is 1. The van der Waals surface area contributed by atoms with Crippen molar-refractivity contribution < 1.29 is 4.74 Å². The summed E-state index contributed by atoms with van der Waals surface area (Å²) in [6.07, 6.45) is 2.04. The van der Waals surface area contributed by atoms with Crippen molar-refractivity contribution in [3.8, 4) is 11.3 Å². The second-order valence-corrected chi connectivity index (χ2v) is 8.32. The van der Waals surface area contributed by atoms with Gasteiger partial charge in [-0.25, -0.2) is 4.98 Å². The molecule has 2 aromatic heterocycles. The molecule has 4 rings (SSSR count). The van der Waals surface area contributed by atoms with Crippen LogP contribution in [0.4, 0.5) is 17.6 Å². The number of rotatable bonds is 5. The van der Waals surface area contributed by atoms with Gasteiger partial charge in [0.1, 0.15) is 5.82 Å². The Morgan fingerprint density at radius 3 is 2.86 bits per heavy atom. The predicted molar refractivity (Wildman–Crippen MR) is 120 cm³/mol. The van der Waals surface area contributed by atoms with Crippen LogP contribution in [0.15, 0.2) is 23.1 Å². The molecule has 1 aromatic carbocycles. The highest BCUT2D eigenvalue weighted by Gasteiger charge is 2.27. The standard InChI is InChI=1S/C20H27N7OS/c1-11(2)15-10-28-6-5-27(15)17-9-13(23-20(22-3)24-17)12-7-14-18(16(8-12)29-4)19(21)26-25-14/h7-9,11,15H,5-6,10H2,1-4H3,(H3,21,25,26)(H,22,23,24)/t15-/m0/s1. The quantitative estimate of drug-likeness (QED) is 0.548. The molecule has 154 valence electrons. The fourth-order valence-electron chi connectivity index (χ4n) is 3.75. The van der Waals surface area contributed by atoms with E-state index in [1.165, 1.54) is 0 Å². The van der Waals surface area contributed by atoms with Gasteiger partial charge in [-0.3, -0.25) is 5.10 Å². The number of nitrogens with two attached hydrogens (primary N) is 1. The molecule has 1 aliphatic heterocycles. The van der Waals surface area contributed by atoms with E-state index in [4.69, 9.17) is 20.4 Å². The molecular formula is C20H27N7OS. The first-order valence-electron chi connectivity index (χ1n) is 9.75. The molecule has 0 aliphatic carbocycles. The van der Waals surface area contributed by atoms with Crippen LogP contribution in [0.1, 0.15) is 13.8 Å². The molecule has 1 fully saturated rings. The summed E-state index contributed by atoms with van der Waals surface area (Å²) in [5, 5.41) is 11.3. The summed E-state index contributed by atoms with van der Waals surface area (Å²) >= 11 is 1.65. The van der Waals surface area contributed by atoms with Crippen molar-refractivity contribution in [1.82, 2.24) is 20.2 Å². The maximum Gasteiger partial charge on any atom is 0.224 e. The third-order valence-electron chi connectivity index (χ3n) is 5.34. The molecule has 0 saturated carbocycles. The Morgan fingerprint density at radius 2 is 2.14 bits per heavy atom. The van der Waals surface area contributed by atoms with Crippen LogP contribution in [0.2, 0.25) is 0 Å². The Bertz CT molecular complexity index is 1020. The number of nitrogens with one attached hydrogen (secondary N) is 2. The zero-order chi connectivity index (χ0) is 20.5. The number of morpholine rings is 1. The fraction of sp³-hybridized carbons (Fsp3) is 0.450. The molecule has 0 spiro atoms. The van der Waals surface area contributed by atoms with Crippen molar-refractivity contribution >= 4 is 40.2 Å². The van der Waals surface area contributed by atoms with E-state index in [0.717, 1.165) is 39.4 Å². The Labute approximate surface area is 174 Å². The summed E-state index contributed by atoms with van der Waals surface area (Å²) in [7, 11) is 1.84. The van der Waals surface area contributed by atoms with Gasteiger partial charge >= 0.3 is 0 Å². The molecule has 3 heterocycles. The third kappa shape index (κ3) is 3.72. The average molecular weight is 414 g/mol. The van der Waals surface area contributed by atoms with Crippen LogP contribution in [0.5, 0.6) is 0 Å². The number of benzene rings is 1. The normalized spacial score (nSPS) is 17.3. The van der Waals surface area contributed by atoms with E-state index in [0.29, 0.717) is 30.9 Å².